The highest BCUT2D eigenvalue weighted by Crippen LogP contribution is 2.24. The molecule has 0 spiro atoms. The van der Waals surface area contributed by atoms with Gasteiger partial charge in [-0.05, 0) is 12.8 Å². The van der Waals surface area contributed by atoms with Crippen LogP contribution < -0.4 is 5.32 Å². The molecular formula is C12H18NO5. The molecule has 0 bridgehead atoms. The molecule has 1 radical (unpaired) electrons. The number of hydrogen-bond acceptors (Lipinski definition) is 5. The van der Waals surface area contributed by atoms with Crippen molar-refractivity contribution in [3.63, 3.8) is 0 Å². The molecule has 1 aliphatic rings. The summed E-state index contributed by atoms with van der Waals surface area (Å²) in [6, 6.07) is 0. The van der Waals surface area contributed by atoms with Gasteiger partial charge in [-0.1, -0.05) is 19.3 Å². The van der Waals surface area contributed by atoms with Crippen molar-refractivity contribution in [2.75, 3.05) is 13.3 Å². The second kappa shape index (κ2) is 7.68. The summed E-state index contributed by atoms with van der Waals surface area (Å²) in [5.74, 6) is -0.825. The lowest BCUT2D eigenvalue weighted by Crippen LogP contribution is -2.30. The van der Waals surface area contributed by atoms with Gasteiger partial charge in [0.15, 0.2) is 5.78 Å². The first-order valence-corrected chi connectivity index (χ1v) is 6.01. The molecule has 1 rings (SSSR count). The molecule has 0 atom stereocenters. The van der Waals surface area contributed by atoms with Gasteiger partial charge in [-0.2, -0.15) is 0 Å². The SMILES string of the molecule is [CH2]C(=O)CNC(=O)OCOC(=O)C1CCCCC1. The van der Waals surface area contributed by atoms with E-state index < -0.39 is 18.7 Å². The lowest BCUT2D eigenvalue weighted by atomic mass is 9.89. The summed E-state index contributed by atoms with van der Waals surface area (Å²) < 4.78 is 9.42. The van der Waals surface area contributed by atoms with Crippen molar-refractivity contribution in [2.45, 2.75) is 32.1 Å². The van der Waals surface area contributed by atoms with Crippen LogP contribution in [0, 0.1) is 12.8 Å². The highest BCUT2D eigenvalue weighted by Gasteiger charge is 2.22. The van der Waals surface area contributed by atoms with Gasteiger partial charge >= 0.3 is 12.1 Å². The van der Waals surface area contributed by atoms with Crippen LogP contribution >= 0.6 is 0 Å². The van der Waals surface area contributed by atoms with E-state index in [1.807, 2.05) is 0 Å². The van der Waals surface area contributed by atoms with Gasteiger partial charge < -0.3 is 14.8 Å². The normalized spacial score (nSPS) is 15.8. The minimum atomic E-state index is -0.802. The molecule has 6 nitrogen and oxygen atoms in total. The zero-order valence-corrected chi connectivity index (χ0v) is 10.3. The molecule has 0 aromatic heterocycles. The molecule has 1 saturated carbocycles. The Labute approximate surface area is 106 Å². The van der Waals surface area contributed by atoms with E-state index in [-0.39, 0.29) is 18.4 Å². The molecule has 0 heterocycles. The Balaban J connectivity index is 2.10. The number of nitrogens with one attached hydrogen (secondary N) is 1. The number of ether oxygens (including phenoxy) is 2. The van der Waals surface area contributed by atoms with Crippen LogP contribution in [0.1, 0.15) is 32.1 Å². The number of hydrogen-bond donors (Lipinski definition) is 1. The predicted octanol–water partition coefficient (Wildman–Crippen LogP) is 1.20. The van der Waals surface area contributed by atoms with Gasteiger partial charge in [0.25, 0.3) is 0 Å². The van der Waals surface area contributed by atoms with Crippen LogP contribution in [-0.4, -0.2) is 31.2 Å². The molecule has 1 aliphatic carbocycles. The van der Waals surface area contributed by atoms with Gasteiger partial charge in [0.05, 0.1) is 12.5 Å². The molecule has 0 saturated heterocycles. The summed E-state index contributed by atoms with van der Waals surface area (Å²) in [6.45, 7) is 2.46. The van der Waals surface area contributed by atoms with Gasteiger partial charge in [-0.25, -0.2) is 4.79 Å². The summed E-state index contributed by atoms with van der Waals surface area (Å²) in [5, 5.41) is 2.17. The van der Waals surface area contributed by atoms with E-state index in [1.165, 1.54) is 0 Å². The molecule has 0 aromatic rings. The number of rotatable bonds is 5. The first-order chi connectivity index (χ1) is 8.59. The monoisotopic (exact) mass is 256 g/mol. The van der Waals surface area contributed by atoms with Crippen LogP contribution in [0.4, 0.5) is 4.79 Å². The molecule has 18 heavy (non-hydrogen) atoms. The number of alkyl carbamates (subject to hydrolysis) is 1. The molecule has 6 heteroatoms. The molecule has 0 aromatic carbocycles. The standard InChI is InChI=1S/C12H18NO5/c1-9(14)7-13-12(16)18-8-17-11(15)10-5-3-2-4-6-10/h10H,1-8H2,(H,13,16). The fourth-order valence-corrected chi connectivity index (χ4v) is 1.82. The topological polar surface area (TPSA) is 81.7 Å². The third-order valence-corrected chi connectivity index (χ3v) is 2.76. The Hall–Kier alpha value is -1.59. The summed E-state index contributed by atoms with van der Waals surface area (Å²) in [7, 11) is 0. The van der Waals surface area contributed by atoms with Crippen molar-refractivity contribution in [2.24, 2.45) is 5.92 Å². The Bertz CT molecular complexity index is 310. The van der Waals surface area contributed by atoms with E-state index in [0.717, 1.165) is 32.1 Å². The minimum Gasteiger partial charge on any atom is -0.428 e. The molecule has 1 N–H and O–H groups in total. The third-order valence-electron chi connectivity index (χ3n) is 2.76. The van der Waals surface area contributed by atoms with Crippen LogP contribution in [0.15, 0.2) is 0 Å². The van der Waals surface area contributed by atoms with Crippen molar-refractivity contribution >= 4 is 17.8 Å². The maximum atomic E-state index is 11.5. The number of carbonyl (C=O) groups is 3. The zero-order valence-electron chi connectivity index (χ0n) is 10.3. The fraction of sp³-hybridized carbons (Fsp3) is 0.667. The molecule has 0 unspecified atom stereocenters. The largest absolute Gasteiger partial charge is 0.428 e. The lowest BCUT2D eigenvalue weighted by Gasteiger charge is -2.19. The van der Waals surface area contributed by atoms with E-state index in [9.17, 15) is 14.4 Å². The van der Waals surface area contributed by atoms with E-state index >= 15 is 0 Å². The van der Waals surface area contributed by atoms with E-state index in [4.69, 9.17) is 4.74 Å². The summed E-state index contributed by atoms with van der Waals surface area (Å²) >= 11 is 0. The van der Waals surface area contributed by atoms with Gasteiger partial charge in [0.2, 0.25) is 6.79 Å². The van der Waals surface area contributed by atoms with Gasteiger partial charge in [-0.3, -0.25) is 9.59 Å². The Morgan fingerprint density at radius 3 is 2.39 bits per heavy atom. The number of Topliss-reactive ketones (excluding diaryl/α,β-unsaturated/α-hetero) is 1. The average molecular weight is 256 g/mol. The maximum Gasteiger partial charge on any atom is 0.410 e. The molecule has 101 valence electrons. The van der Waals surface area contributed by atoms with Crippen molar-refractivity contribution in [3.05, 3.63) is 6.92 Å². The maximum absolute atomic E-state index is 11.5. The van der Waals surface area contributed by atoms with E-state index in [2.05, 4.69) is 17.0 Å². The Morgan fingerprint density at radius 2 is 1.78 bits per heavy atom. The summed E-state index contributed by atoms with van der Waals surface area (Å²) in [4.78, 5) is 33.0. The second-order valence-corrected chi connectivity index (χ2v) is 4.24. The zero-order chi connectivity index (χ0) is 13.4. The quantitative estimate of drug-likeness (QED) is 0.590. The third kappa shape index (κ3) is 5.65. The molecule has 1 fully saturated rings. The van der Waals surface area contributed by atoms with E-state index in [1.54, 1.807) is 0 Å². The van der Waals surface area contributed by atoms with E-state index in [0.29, 0.717) is 0 Å². The van der Waals surface area contributed by atoms with Crippen molar-refractivity contribution in [1.29, 1.82) is 0 Å². The average Bonchev–Trinajstić information content (AvgIpc) is 2.37. The van der Waals surface area contributed by atoms with Crippen LogP contribution in [0.5, 0.6) is 0 Å². The summed E-state index contributed by atoms with van der Waals surface area (Å²) in [6.07, 6.45) is 4.09. The van der Waals surface area contributed by atoms with Crippen LogP contribution in [0.2, 0.25) is 0 Å². The predicted molar refractivity (Wildman–Crippen MR) is 62.4 cm³/mol. The Kier molecular flexibility index (Phi) is 6.18. The number of esters is 1. The molecule has 0 aliphatic heterocycles. The molecular weight excluding hydrogens is 238 g/mol. The summed E-state index contributed by atoms with van der Waals surface area (Å²) in [5.41, 5.74) is 0. The minimum absolute atomic E-state index is 0.0770. The highest BCUT2D eigenvalue weighted by molar-refractivity contribution is 5.87. The van der Waals surface area contributed by atoms with Gasteiger partial charge in [0.1, 0.15) is 0 Å². The van der Waals surface area contributed by atoms with Crippen LogP contribution in [0.3, 0.4) is 0 Å². The van der Waals surface area contributed by atoms with Crippen LogP contribution in [0.25, 0.3) is 0 Å². The smallest absolute Gasteiger partial charge is 0.410 e. The lowest BCUT2D eigenvalue weighted by molar-refractivity contribution is -0.158. The first-order valence-electron chi connectivity index (χ1n) is 6.01. The number of carbonyl (C=O) groups excluding carboxylic acids is 3. The first kappa shape index (κ1) is 14.5. The highest BCUT2D eigenvalue weighted by atomic mass is 16.7. The van der Waals surface area contributed by atoms with Crippen molar-refractivity contribution in [3.8, 4) is 0 Å². The van der Waals surface area contributed by atoms with Gasteiger partial charge in [-0.15, -0.1) is 0 Å². The number of ketones is 1. The van der Waals surface area contributed by atoms with Crippen molar-refractivity contribution in [1.82, 2.24) is 5.32 Å². The fourth-order valence-electron chi connectivity index (χ4n) is 1.82. The van der Waals surface area contributed by atoms with Gasteiger partial charge in [0, 0.05) is 6.92 Å². The van der Waals surface area contributed by atoms with Crippen LogP contribution in [-0.2, 0) is 19.1 Å². The number of amides is 1. The van der Waals surface area contributed by atoms with Crippen molar-refractivity contribution < 1.29 is 23.9 Å². The second-order valence-electron chi connectivity index (χ2n) is 4.24. The molecule has 1 amide bonds. The Morgan fingerprint density at radius 1 is 1.11 bits per heavy atom.